The fourth-order valence-corrected chi connectivity index (χ4v) is 4.94. The fraction of sp³-hybridized carbons (Fsp3) is 0.458. The summed E-state index contributed by atoms with van der Waals surface area (Å²) in [7, 11) is 1.72. The Labute approximate surface area is 168 Å². The number of fused-ring (bicyclic) bond motifs is 1. The molecule has 0 spiro atoms. The number of para-hydroxylation sites is 1. The van der Waals surface area contributed by atoms with Gasteiger partial charge in [0.05, 0.1) is 7.11 Å². The lowest BCUT2D eigenvalue weighted by Gasteiger charge is -2.32. The molecule has 2 aliphatic heterocycles. The van der Waals surface area contributed by atoms with E-state index in [1.54, 1.807) is 14.0 Å². The van der Waals surface area contributed by atoms with Gasteiger partial charge >= 0.3 is 0 Å². The van der Waals surface area contributed by atoms with Crippen LogP contribution in [-0.4, -0.2) is 48.0 Å². The van der Waals surface area contributed by atoms with Gasteiger partial charge in [-0.25, -0.2) is 0 Å². The molecular weight excluding hydrogens is 348 g/mol. The second-order valence-corrected chi connectivity index (χ2v) is 8.00. The van der Waals surface area contributed by atoms with Crippen LogP contribution >= 0.6 is 0 Å². The van der Waals surface area contributed by atoms with Crippen molar-refractivity contribution in [3.05, 3.63) is 54.1 Å². The first-order valence-corrected chi connectivity index (χ1v) is 10.4. The van der Waals surface area contributed by atoms with E-state index in [2.05, 4.69) is 40.1 Å². The Bertz CT molecular complexity index is 818. The van der Waals surface area contributed by atoms with Crippen molar-refractivity contribution in [2.24, 2.45) is 0 Å². The van der Waals surface area contributed by atoms with Crippen LogP contribution < -0.4 is 4.74 Å². The Balaban J connectivity index is 1.50. The minimum atomic E-state index is 0.232. The molecule has 4 rings (SSSR count). The summed E-state index contributed by atoms with van der Waals surface area (Å²) in [4.78, 5) is 16.7. The predicted molar refractivity (Wildman–Crippen MR) is 112 cm³/mol. The van der Waals surface area contributed by atoms with E-state index in [0.29, 0.717) is 12.1 Å². The molecule has 0 aromatic heterocycles. The largest absolute Gasteiger partial charge is 0.496 e. The monoisotopic (exact) mass is 378 g/mol. The smallest absolute Gasteiger partial charge is 0.219 e. The molecule has 2 aromatic carbocycles. The van der Waals surface area contributed by atoms with E-state index in [1.807, 2.05) is 18.2 Å². The maximum atomic E-state index is 12.0. The molecule has 2 saturated heterocycles. The van der Waals surface area contributed by atoms with Gasteiger partial charge in [0, 0.05) is 37.7 Å². The van der Waals surface area contributed by atoms with Crippen LogP contribution in [0.3, 0.4) is 0 Å². The number of benzene rings is 2. The molecule has 1 amide bonds. The number of ether oxygens (including phenoxy) is 1. The lowest BCUT2D eigenvalue weighted by Crippen LogP contribution is -2.44. The fourth-order valence-electron chi connectivity index (χ4n) is 4.94. The van der Waals surface area contributed by atoms with Crippen molar-refractivity contribution in [1.82, 2.24) is 9.80 Å². The average molecular weight is 379 g/mol. The quantitative estimate of drug-likeness (QED) is 0.793. The molecule has 2 fully saturated rings. The third-order valence-electron chi connectivity index (χ3n) is 6.34. The van der Waals surface area contributed by atoms with Gasteiger partial charge < -0.3 is 9.64 Å². The minimum Gasteiger partial charge on any atom is -0.496 e. The highest BCUT2D eigenvalue weighted by Crippen LogP contribution is 2.32. The van der Waals surface area contributed by atoms with Crippen LogP contribution in [0.2, 0.25) is 0 Å². The van der Waals surface area contributed by atoms with E-state index in [0.717, 1.165) is 43.8 Å². The van der Waals surface area contributed by atoms with E-state index in [4.69, 9.17) is 4.74 Å². The first-order chi connectivity index (χ1) is 13.7. The molecule has 148 valence electrons. The Kier molecular flexibility index (Phi) is 5.67. The highest BCUT2D eigenvalue weighted by atomic mass is 16.5. The summed E-state index contributed by atoms with van der Waals surface area (Å²) in [6.45, 7) is 4.71. The Morgan fingerprint density at radius 1 is 1.00 bits per heavy atom. The lowest BCUT2D eigenvalue weighted by molar-refractivity contribution is -0.130. The summed E-state index contributed by atoms with van der Waals surface area (Å²) < 4.78 is 5.50. The van der Waals surface area contributed by atoms with E-state index in [9.17, 15) is 4.79 Å². The number of carbonyl (C=O) groups excluding carboxylic acids is 1. The van der Waals surface area contributed by atoms with E-state index >= 15 is 0 Å². The average Bonchev–Trinajstić information content (AvgIpc) is 3.05. The van der Waals surface area contributed by atoms with E-state index < -0.39 is 0 Å². The number of rotatable bonds is 4. The Morgan fingerprint density at radius 3 is 2.54 bits per heavy atom. The molecule has 4 heteroatoms. The molecule has 0 unspecified atom stereocenters. The third kappa shape index (κ3) is 3.79. The zero-order valence-electron chi connectivity index (χ0n) is 16.9. The van der Waals surface area contributed by atoms with Gasteiger partial charge in [0.1, 0.15) is 5.75 Å². The molecule has 2 heterocycles. The number of hydrogen-bond acceptors (Lipinski definition) is 3. The van der Waals surface area contributed by atoms with Crippen LogP contribution in [0.4, 0.5) is 0 Å². The SMILES string of the molecule is COc1ccccc1-c1ccc(CN2CCCC[C@@H]3[C@H]2CCN3C(C)=O)cc1. The highest BCUT2D eigenvalue weighted by molar-refractivity contribution is 5.74. The van der Waals surface area contributed by atoms with Crippen molar-refractivity contribution in [1.29, 1.82) is 0 Å². The maximum Gasteiger partial charge on any atom is 0.219 e. The molecule has 2 aliphatic rings. The summed E-state index contributed by atoms with van der Waals surface area (Å²) in [6.07, 6.45) is 4.68. The van der Waals surface area contributed by atoms with E-state index in [1.165, 1.54) is 24.0 Å². The second-order valence-electron chi connectivity index (χ2n) is 8.00. The lowest BCUT2D eigenvalue weighted by atomic mass is 10.0. The summed E-state index contributed by atoms with van der Waals surface area (Å²) in [5, 5.41) is 0. The second kappa shape index (κ2) is 8.36. The van der Waals surface area contributed by atoms with Crippen LogP contribution in [0.15, 0.2) is 48.5 Å². The first-order valence-electron chi connectivity index (χ1n) is 10.4. The van der Waals surface area contributed by atoms with Crippen LogP contribution in [0, 0.1) is 0 Å². The van der Waals surface area contributed by atoms with Gasteiger partial charge in [0.2, 0.25) is 5.91 Å². The number of likely N-dealkylation sites (tertiary alicyclic amines) is 2. The highest BCUT2D eigenvalue weighted by Gasteiger charge is 2.39. The first kappa shape index (κ1) is 19.0. The van der Waals surface area contributed by atoms with Crippen molar-refractivity contribution in [3.63, 3.8) is 0 Å². The topological polar surface area (TPSA) is 32.8 Å². The normalized spacial score (nSPS) is 22.6. The predicted octanol–water partition coefficient (Wildman–Crippen LogP) is 4.34. The molecule has 2 aromatic rings. The number of amides is 1. The van der Waals surface area contributed by atoms with Crippen LogP contribution in [-0.2, 0) is 11.3 Å². The van der Waals surface area contributed by atoms with Gasteiger partial charge in [-0.2, -0.15) is 0 Å². The van der Waals surface area contributed by atoms with Crippen LogP contribution in [0.1, 0.15) is 38.2 Å². The molecule has 2 atom stereocenters. The minimum absolute atomic E-state index is 0.232. The summed E-state index contributed by atoms with van der Waals surface area (Å²) in [5.74, 6) is 1.14. The summed E-state index contributed by atoms with van der Waals surface area (Å²) in [5.41, 5.74) is 3.64. The van der Waals surface area contributed by atoms with Crippen molar-refractivity contribution >= 4 is 5.91 Å². The van der Waals surface area contributed by atoms with Gasteiger partial charge in [0.25, 0.3) is 0 Å². The summed E-state index contributed by atoms with van der Waals surface area (Å²) >= 11 is 0. The van der Waals surface area contributed by atoms with Gasteiger partial charge in [0.15, 0.2) is 0 Å². The number of nitrogens with zero attached hydrogens (tertiary/aromatic N) is 2. The van der Waals surface area contributed by atoms with E-state index in [-0.39, 0.29) is 5.91 Å². The van der Waals surface area contributed by atoms with Gasteiger partial charge in [-0.1, -0.05) is 48.9 Å². The molecule has 0 N–H and O–H groups in total. The third-order valence-corrected chi connectivity index (χ3v) is 6.34. The molecule has 0 saturated carbocycles. The molecule has 0 aliphatic carbocycles. The zero-order valence-corrected chi connectivity index (χ0v) is 16.9. The Hall–Kier alpha value is -2.33. The van der Waals surface area contributed by atoms with Crippen LogP contribution in [0.5, 0.6) is 5.75 Å². The molecule has 28 heavy (non-hydrogen) atoms. The van der Waals surface area contributed by atoms with Crippen LogP contribution in [0.25, 0.3) is 11.1 Å². The zero-order chi connectivity index (χ0) is 19.5. The molecular formula is C24H30N2O2. The van der Waals surface area contributed by atoms with Gasteiger partial charge in [-0.3, -0.25) is 9.69 Å². The molecule has 0 bridgehead atoms. The van der Waals surface area contributed by atoms with Gasteiger partial charge in [-0.05, 0) is 43.0 Å². The maximum absolute atomic E-state index is 12.0. The number of carbonyl (C=O) groups is 1. The standard InChI is InChI=1S/C24H30N2O2/c1-18(27)26-16-14-22-23(26)8-5-6-15-25(22)17-19-10-12-20(13-11-19)21-7-3-4-9-24(21)28-2/h3-4,7,9-13,22-23H,5-6,8,14-17H2,1-2H3/t22-,23-/m1/s1. The molecule has 4 nitrogen and oxygen atoms in total. The van der Waals surface area contributed by atoms with Gasteiger partial charge in [-0.15, -0.1) is 0 Å². The van der Waals surface area contributed by atoms with Crippen molar-refractivity contribution in [3.8, 4) is 16.9 Å². The summed E-state index contributed by atoms with van der Waals surface area (Å²) in [6, 6.07) is 17.9. The number of hydrogen-bond donors (Lipinski definition) is 0. The Morgan fingerprint density at radius 2 is 1.79 bits per heavy atom. The molecule has 0 radical (unpaired) electrons. The van der Waals surface area contributed by atoms with Crippen molar-refractivity contribution < 1.29 is 9.53 Å². The number of methoxy groups -OCH3 is 1. The van der Waals surface area contributed by atoms with Crippen molar-refractivity contribution in [2.75, 3.05) is 20.2 Å². The van der Waals surface area contributed by atoms with Crippen molar-refractivity contribution in [2.45, 2.75) is 51.2 Å².